The number of hydrogen-bond donors (Lipinski definition) is 0. The molecule has 0 bridgehead atoms. The van der Waals surface area contributed by atoms with Gasteiger partial charge in [0.05, 0.1) is 0 Å². The van der Waals surface area contributed by atoms with Gasteiger partial charge in [0.15, 0.2) is 11.6 Å². The van der Waals surface area contributed by atoms with Crippen molar-refractivity contribution in [2.75, 3.05) is 6.61 Å². The van der Waals surface area contributed by atoms with Crippen LogP contribution in [0.15, 0.2) is 47.6 Å². The third-order valence-corrected chi connectivity index (χ3v) is 2.26. The van der Waals surface area contributed by atoms with Crippen molar-refractivity contribution in [1.29, 1.82) is 0 Å². The molecular weight excluding hydrogens is 230 g/mol. The summed E-state index contributed by atoms with van der Waals surface area (Å²) in [5.41, 5.74) is 1.13. The molecule has 0 fully saturated rings. The highest BCUT2D eigenvalue weighted by Gasteiger charge is 2.19. The van der Waals surface area contributed by atoms with Crippen LogP contribution in [0.3, 0.4) is 0 Å². The molecule has 0 saturated heterocycles. The van der Waals surface area contributed by atoms with Crippen molar-refractivity contribution in [3.63, 3.8) is 0 Å². The van der Waals surface area contributed by atoms with Gasteiger partial charge in [-0.05, 0) is 23.8 Å². The molecule has 0 saturated carbocycles. The van der Waals surface area contributed by atoms with Crippen LogP contribution in [0.25, 0.3) is 6.08 Å². The van der Waals surface area contributed by atoms with Crippen LogP contribution in [-0.4, -0.2) is 18.5 Å². The van der Waals surface area contributed by atoms with E-state index in [9.17, 15) is 4.79 Å². The SMILES string of the molecule is C=CCOc1cccc(C=C2N=C(C)OC2=O)c1. The molecule has 1 aliphatic rings. The molecule has 2 rings (SSSR count). The molecule has 0 N–H and O–H groups in total. The highest BCUT2D eigenvalue weighted by atomic mass is 16.6. The molecule has 18 heavy (non-hydrogen) atoms. The maximum atomic E-state index is 11.4. The number of ether oxygens (including phenoxy) is 2. The van der Waals surface area contributed by atoms with Crippen LogP contribution in [0, 0.1) is 0 Å². The maximum absolute atomic E-state index is 11.4. The van der Waals surface area contributed by atoms with Gasteiger partial charge in [-0.15, -0.1) is 0 Å². The average molecular weight is 243 g/mol. The van der Waals surface area contributed by atoms with E-state index in [-0.39, 0.29) is 0 Å². The molecule has 0 amide bonds. The summed E-state index contributed by atoms with van der Waals surface area (Å²) in [6.45, 7) is 5.67. The Hall–Kier alpha value is -2.36. The minimum absolute atomic E-state index is 0.299. The second kappa shape index (κ2) is 5.31. The second-order valence-corrected chi connectivity index (χ2v) is 3.72. The van der Waals surface area contributed by atoms with Gasteiger partial charge in [-0.2, -0.15) is 0 Å². The van der Waals surface area contributed by atoms with Crippen molar-refractivity contribution in [1.82, 2.24) is 0 Å². The highest BCUT2D eigenvalue weighted by molar-refractivity contribution is 6.06. The predicted molar refractivity (Wildman–Crippen MR) is 69.3 cm³/mol. The lowest BCUT2D eigenvalue weighted by atomic mass is 10.2. The molecule has 1 aromatic rings. The quantitative estimate of drug-likeness (QED) is 0.464. The fourth-order valence-electron chi connectivity index (χ4n) is 1.52. The lowest BCUT2D eigenvalue weighted by Crippen LogP contribution is -1.99. The fourth-order valence-corrected chi connectivity index (χ4v) is 1.52. The normalized spacial score (nSPS) is 16.4. The summed E-state index contributed by atoms with van der Waals surface area (Å²) >= 11 is 0. The van der Waals surface area contributed by atoms with Crippen molar-refractivity contribution in [3.8, 4) is 5.75 Å². The van der Waals surface area contributed by atoms with Crippen molar-refractivity contribution in [2.24, 2.45) is 4.99 Å². The van der Waals surface area contributed by atoms with Gasteiger partial charge in [-0.1, -0.05) is 24.8 Å². The van der Waals surface area contributed by atoms with E-state index in [1.54, 1.807) is 19.1 Å². The topological polar surface area (TPSA) is 47.9 Å². The first-order valence-electron chi connectivity index (χ1n) is 5.52. The Balaban J connectivity index is 2.21. The van der Waals surface area contributed by atoms with E-state index in [1.807, 2.05) is 24.3 Å². The summed E-state index contributed by atoms with van der Waals surface area (Å²) < 4.78 is 10.2. The second-order valence-electron chi connectivity index (χ2n) is 3.72. The van der Waals surface area contributed by atoms with Gasteiger partial charge in [-0.25, -0.2) is 9.79 Å². The van der Waals surface area contributed by atoms with E-state index < -0.39 is 5.97 Å². The van der Waals surface area contributed by atoms with Crippen LogP contribution in [0.5, 0.6) is 5.75 Å². The number of benzene rings is 1. The van der Waals surface area contributed by atoms with Gasteiger partial charge in [0, 0.05) is 6.92 Å². The molecule has 1 aromatic carbocycles. The number of rotatable bonds is 4. The number of hydrogen-bond acceptors (Lipinski definition) is 4. The molecule has 0 unspecified atom stereocenters. The van der Waals surface area contributed by atoms with Crippen LogP contribution in [0.2, 0.25) is 0 Å². The average Bonchev–Trinajstić information content (AvgIpc) is 2.66. The number of esters is 1. The summed E-state index contributed by atoms with van der Waals surface area (Å²) in [5.74, 6) is 0.659. The largest absolute Gasteiger partial charge is 0.490 e. The Morgan fingerprint density at radius 3 is 3.00 bits per heavy atom. The van der Waals surface area contributed by atoms with Gasteiger partial charge >= 0.3 is 5.97 Å². The minimum Gasteiger partial charge on any atom is -0.490 e. The number of cyclic esters (lactones) is 1. The van der Waals surface area contributed by atoms with E-state index >= 15 is 0 Å². The third kappa shape index (κ3) is 2.85. The Labute approximate surface area is 105 Å². The minimum atomic E-state index is -0.426. The van der Waals surface area contributed by atoms with Crippen LogP contribution < -0.4 is 4.74 Å². The zero-order valence-corrected chi connectivity index (χ0v) is 10.1. The lowest BCUT2D eigenvalue weighted by Gasteiger charge is -2.03. The molecule has 1 aliphatic heterocycles. The van der Waals surface area contributed by atoms with E-state index in [1.165, 1.54) is 0 Å². The Morgan fingerprint density at radius 1 is 1.50 bits per heavy atom. The number of nitrogens with zero attached hydrogens (tertiary/aromatic N) is 1. The summed E-state index contributed by atoms with van der Waals surface area (Å²) in [5, 5.41) is 0. The van der Waals surface area contributed by atoms with E-state index in [0.29, 0.717) is 18.2 Å². The molecule has 0 radical (unpaired) electrons. The first-order valence-corrected chi connectivity index (χ1v) is 5.52. The van der Waals surface area contributed by atoms with Gasteiger partial charge in [0.25, 0.3) is 0 Å². The van der Waals surface area contributed by atoms with Crippen molar-refractivity contribution in [2.45, 2.75) is 6.92 Å². The van der Waals surface area contributed by atoms with Gasteiger partial charge in [-0.3, -0.25) is 0 Å². The molecule has 0 aromatic heterocycles. The number of aliphatic imine (C=N–C) groups is 1. The van der Waals surface area contributed by atoms with Gasteiger partial charge in [0.1, 0.15) is 12.4 Å². The summed E-state index contributed by atoms with van der Waals surface area (Å²) in [6, 6.07) is 7.38. The first-order chi connectivity index (χ1) is 8.69. The summed E-state index contributed by atoms with van der Waals surface area (Å²) in [7, 11) is 0. The molecule has 0 aliphatic carbocycles. The van der Waals surface area contributed by atoms with Crippen molar-refractivity contribution >= 4 is 17.9 Å². The zero-order valence-electron chi connectivity index (χ0n) is 10.1. The molecular formula is C14H13NO3. The van der Waals surface area contributed by atoms with Crippen molar-refractivity contribution < 1.29 is 14.3 Å². The van der Waals surface area contributed by atoms with E-state index in [0.717, 1.165) is 11.3 Å². The van der Waals surface area contributed by atoms with Gasteiger partial charge < -0.3 is 9.47 Å². The van der Waals surface area contributed by atoms with E-state index in [2.05, 4.69) is 11.6 Å². The van der Waals surface area contributed by atoms with E-state index in [4.69, 9.17) is 9.47 Å². The van der Waals surface area contributed by atoms with Crippen molar-refractivity contribution in [3.05, 3.63) is 48.2 Å². The predicted octanol–water partition coefficient (Wildman–Crippen LogP) is 2.57. The maximum Gasteiger partial charge on any atom is 0.363 e. The number of carbonyl (C=O) groups is 1. The Bertz CT molecular complexity index is 544. The first kappa shape index (κ1) is 12.1. The summed E-state index contributed by atoms with van der Waals surface area (Å²) in [4.78, 5) is 15.4. The highest BCUT2D eigenvalue weighted by Crippen LogP contribution is 2.19. The van der Waals surface area contributed by atoms with Crippen LogP contribution in [0.4, 0.5) is 0 Å². The van der Waals surface area contributed by atoms with Gasteiger partial charge in [0.2, 0.25) is 0 Å². The van der Waals surface area contributed by atoms with Crippen LogP contribution >= 0.6 is 0 Å². The molecule has 1 heterocycles. The molecule has 4 heteroatoms. The van der Waals surface area contributed by atoms with Crippen LogP contribution in [-0.2, 0) is 9.53 Å². The lowest BCUT2D eigenvalue weighted by molar-refractivity contribution is -0.130. The van der Waals surface area contributed by atoms with Crippen LogP contribution in [0.1, 0.15) is 12.5 Å². The molecule has 4 nitrogen and oxygen atoms in total. The fraction of sp³-hybridized carbons (Fsp3) is 0.143. The third-order valence-electron chi connectivity index (χ3n) is 2.26. The Morgan fingerprint density at radius 2 is 2.33 bits per heavy atom. The Kier molecular flexibility index (Phi) is 3.57. The summed E-state index contributed by atoms with van der Waals surface area (Å²) in [6.07, 6.45) is 3.34. The number of carbonyl (C=O) groups excluding carboxylic acids is 1. The monoisotopic (exact) mass is 243 g/mol. The smallest absolute Gasteiger partial charge is 0.363 e. The standard InChI is InChI=1S/C14H13NO3/c1-3-7-17-12-6-4-5-11(8-12)9-13-14(16)18-10(2)15-13/h3-6,8-9H,1,7H2,2H3. The zero-order chi connectivity index (χ0) is 13.0. The molecule has 0 spiro atoms. The molecule has 0 atom stereocenters. The molecule has 92 valence electrons.